The van der Waals surface area contributed by atoms with Crippen LogP contribution in [0.2, 0.25) is 0 Å². The average Bonchev–Trinajstić information content (AvgIpc) is 3.12. The molecule has 3 aliphatic heterocycles. The zero-order chi connectivity index (χ0) is 20.2. The highest BCUT2D eigenvalue weighted by molar-refractivity contribution is 5.86. The zero-order valence-corrected chi connectivity index (χ0v) is 16.5. The number of amides is 1. The Labute approximate surface area is 174 Å². The number of hydrogen-bond donors (Lipinski definition) is 2. The van der Waals surface area contributed by atoms with Gasteiger partial charge in [0.05, 0.1) is 17.4 Å². The lowest BCUT2D eigenvalue weighted by atomic mass is 10.1. The molecule has 3 N–H and O–H groups in total. The van der Waals surface area contributed by atoms with E-state index >= 15 is 0 Å². The molecule has 1 atom stereocenters. The van der Waals surface area contributed by atoms with Crippen molar-refractivity contribution in [3.05, 3.63) is 66.2 Å². The second-order valence-electron chi connectivity index (χ2n) is 8.16. The second kappa shape index (κ2) is 6.48. The van der Waals surface area contributed by atoms with E-state index in [0.717, 1.165) is 53.6 Å². The molecule has 152 valence electrons. The Morgan fingerprint density at radius 2 is 2.23 bits per heavy atom. The van der Waals surface area contributed by atoms with Crippen molar-refractivity contribution in [2.24, 2.45) is 5.73 Å². The number of rotatable bonds is 5. The van der Waals surface area contributed by atoms with Crippen LogP contribution in [-0.4, -0.2) is 36.3 Å². The van der Waals surface area contributed by atoms with Crippen molar-refractivity contribution in [2.75, 3.05) is 0 Å². The third kappa shape index (κ3) is 2.79. The Balaban J connectivity index is 1.41. The van der Waals surface area contributed by atoms with Gasteiger partial charge in [-0.25, -0.2) is 4.98 Å². The number of carbonyl (C=O) groups excluding carboxylic acids is 1. The summed E-state index contributed by atoms with van der Waals surface area (Å²) in [4.78, 5) is 18.3. The molecule has 1 amide bonds. The van der Waals surface area contributed by atoms with Gasteiger partial charge in [0.2, 0.25) is 5.91 Å². The van der Waals surface area contributed by atoms with Crippen molar-refractivity contribution in [3.8, 4) is 11.4 Å². The van der Waals surface area contributed by atoms with Gasteiger partial charge in [0.15, 0.2) is 0 Å². The van der Waals surface area contributed by atoms with Crippen LogP contribution in [0.4, 0.5) is 0 Å². The summed E-state index contributed by atoms with van der Waals surface area (Å²) in [5.41, 5.74) is 10.2. The number of imidazole rings is 1. The largest absolute Gasteiger partial charge is 0.366 e. The lowest BCUT2D eigenvalue weighted by Gasteiger charge is -2.27. The molecular formula is C22H23N7O. The molecular weight excluding hydrogens is 378 g/mol. The standard InChI is InChI=1S/C22H23N7O/c23-18(30)7-6-16-12-24-19-8-3-14(13-28(16)19)22-21(25-20-2-1-10-27(20)22)17-9-11-29(26-17)15-4-5-15/h3,6-9,11-13,15,19,24H,1-2,4-5,10H2,(H2,23,30)/b7-6+. The van der Waals surface area contributed by atoms with E-state index in [1.807, 2.05) is 6.20 Å². The number of nitrogens with two attached hydrogens (primary N) is 1. The number of aromatic nitrogens is 4. The molecule has 0 bridgehead atoms. The SMILES string of the molecule is NC(=O)/C=C/C1=CNC2C=CC(c3c(-c4ccn(C5CC5)n4)nc4n3CCC4)=CN12. The van der Waals surface area contributed by atoms with Gasteiger partial charge in [-0.05, 0) is 37.5 Å². The minimum Gasteiger partial charge on any atom is -0.366 e. The third-order valence-corrected chi connectivity index (χ3v) is 6.03. The van der Waals surface area contributed by atoms with Gasteiger partial charge in [-0.1, -0.05) is 6.08 Å². The maximum absolute atomic E-state index is 11.2. The van der Waals surface area contributed by atoms with Crippen molar-refractivity contribution < 1.29 is 4.79 Å². The molecule has 1 unspecified atom stereocenters. The van der Waals surface area contributed by atoms with Crippen LogP contribution >= 0.6 is 0 Å². The molecule has 0 aromatic carbocycles. The Morgan fingerprint density at radius 3 is 3.07 bits per heavy atom. The Bertz CT molecular complexity index is 1160. The number of allylic oxidation sites excluding steroid dienone is 3. The monoisotopic (exact) mass is 401 g/mol. The highest BCUT2D eigenvalue weighted by Gasteiger charge is 2.30. The van der Waals surface area contributed by atoms with Crippen LogP contribution in [0.5, 0.6) is 0 Å². The first-order valence-electron chi connectivity index (χ1n) is 10.4. The Hall–Kier alpha value is -3.55. The predicted molar refractivity (Wildman–Crippen MR) is 112 cm³/mol. The first-order chi connectivity index (χ1) is 14.7. The summed E-state index contributed by atoms with van der Waals surface area (Å²) in [5, 5.41) is 8.14. The van der Waals surface area contributed by atoms with E-state index in [-0.39, 0.29) is 6.17 Å². The Kier molecular flexibility index (Phi) is 3.74. The second-order valence-corrected chi connectivity index (χ2v) is 8.16. The first kappa shape index (κ1) is 17.3. The van der Waals surface area contributed by atoms with Gasteiger partial charge in [0, 0.05) is 43.2 Å². The molecule has 4 aliphatic rings. The molecule has 0 spiro atoms. The predicted octanol–water partition coefficient (Wildman–Crippen LogP) is 2.05. The molecule has 30 heavy (non-hydrogen) atoms. The van der Waals surface area contributed by atoms with Crippen LogP contribution in [0.25, 0.3) is 17.0 Å². The summed E-state index contributed by atoms with van der Waals surface area (Å²) in [6.45, 7) is 0.970. The molecule has 2 aromatic rings. The van der Waals surface area contributed by atoms with Crippen molar-refractivity contribution in [3.63, 3.8) is 0 Å². The molecule has 5 heterocycles. The number of nitrogens with one attached hydrogen (secondary N) is 1. The number of fused-ring (bicyclic) bond motifs is 2. The van der Waals surface area contributed by atoms with Crippen LogP contribution in [-0.2, 0) is 17.8 Å². The fourth-order valence-electron chi connectivity index (χ4n) is 4.42. The van der Waals surface area contributed by atoms with Gasteiger partial charge in [0.1, 0.15) is 23.4 Å². The van der Waals surface area contributed by atoms with Crippen molar-refractivity contribution in [2.45, 2.75) is 44.4 Å². The van der Waals surface area contributed by atoms with E-state index in [1.165, 1.54) is 18.9 Å². The van der Waals surface area contributed by atoms with Crippen LogP contribution in [0.3, 0.4) is 0 Å². The van der Waals surface area contributed by atoms with Gasteiger partial charge >= 0.3 is 0 Å². The van der Waals surface area contributed by atoms with E-state index in [0.29, 0.717) is 6.04 Å². The van der Waals surface area contributed by atoms with E-state index < -0.39 is 5.91 Å². The summed E-state index contributed by atoms with van der Waals surface area (Å²) in [5.74, 6) is 0.666. The number of aryl methyl sites for hydroxylation is 1. The van der Waals surface area contributed by atoms with Crippen LogP contribution in [0.1, 0.15) is 36.8 Å². The topological polar surface area (TPSA) is 94.0 Å². The van der Waals surface area contributed by atoms with Gasteiger partial charge in [-0.3, -0.25) is 9.48 Å². The molecule has 1 fully saturated rings. The highest BCUT2D eigenvalue weighted by atomic mass is 16.1. The van der Waals surface area contributed by atoms with E-state index in [9.17, 15) is 4.79 Å². The zero-order valence-electron chi connectivity index (χ0n) is 16.5. The molecule has 1 saturated carbocycles. The number of hydrogen-bond acceptors (Lipinski definition) is 5. The molecule has 6 rings (SSSR count). The average molecular weight is 401 g/mol. The van der Waals surface area contributed by atoms with Crippen LogP contribution < -0.4 is 11.1 Å². The minimum absolute atomic E-state index is 0.0276. The van der Waals surface area contributed by atoms with Gasteiger partial charge < -0.3 is 20.5 Å². The maximum Gasteiger partial charge on any atom is 0.241 e. The summed E-state index contributed by atoms with van der Waals surface area (Å²) < 4.78 is 4.40. The normalized spacial score (nSPS) is 22.1. The molecule has 0 saturated heterocycles. The number of nitrogens with zero attached hydrogens (tertiary/aromatic N) is 5. The maximum atomic E-state index is 11.2. The van der Waals surface area contributed by atoms with Gasteiger partial charge in [0.25, 0.3) is 0 Å². The van der Waals surface area contributed by atoms with Gasteiger partial charge in [-0.2, -0.15) is 5.10 Å². The van der Waals surface area contributed by atoms with Crippen molar-refractivity contribution >= 4 is 11.5 Å². The molecule has 8 heteroatoms. The van der Waals surface area contributed by atoms with Crippen molar-refractivity contribution in [1.29, 1.82) is 0 Å². The van der Waals surface area contributed by atoms with Crippen LogP contribution in [0.15, 0.2) is 54.7 Å². The van der Waals surface area contributed by atoms with E-state index in [1.54, 1.807) is 6.08 Å². The molecule has 8 nitrogen and oxygen atoms in total. The molecule has 1 aliphatic carbocycles. The van der Waals surface area contributed by atoms with E-state index in [2.05, 4.69) is 50.1 Å². The smallest absolute Gasteiger partial charge is 0.241 e. The van der Waals surface area contributed by atoms with Crippen molar-refractivity contribution in [1.82, 2.24) is 29.5 Å². The highest BCUT2D eigenvalue weighted by Crippen LogP contribution is 2.38. The van der Waals surface area contributed by atoms with E-state index in [4.69, 9.17) is 15.8 Å². The lowest BCUT2D eigenvalue weighted by Crippen LogP contribution is -2.33. The first-order valence-corrected chi connectivity index (χ1v) is 10.4. The summed E-state index contributed by atoms with van der Waals surface area (Å²) in [6.07, 6.45) is 18.0. The molecule has 0 radical (unpaired) electrons. The minimum atomic E-state index is -0.460. The Morgan fingerprint density at radius 1 is 1.33 bits per heavy atom. The summed E-state index contributed by atoms with van der Waals surface area (Å²) in [7, 11) is 0. The molecule has 2 aromatic heterocycles. The number of primary amides is 1. The summed E-state index contributed by atoms with van der Waals surface area (Å²) >= 11 is 0. The fourth-order valence-corrected chi connectivity index (χ4v) is 4.42. The summed E-state index contributed by atoms with van der Waals surface area (Å²) in [6, 6.07) is 2.63. The third-order valence-electron chi connectivity index (χ3n) is 6.03. The van der Waals surface area contributed by atoms with Crippen LogP contribution in [0, 0.1) is 0 Å². The quantitative estimate of drug-likeness (QED) is 0.748. The van der Waals surface area contributed by atoms with Gasteiger partial charge in [-0.15, -0.1) is 0 Å². The fraction of sp³-hybridized carbons (Fsp3) is 0.318. The number of carbonyl (C=O) groups is 1. The lowest BCUT2D eigenvalue weighted by molar-refractivity contribution is -0.113.